The number of thioether (sulfide) groups is 1. The van der Waals surface area contributed by atoms with Gasteiger partial charge in [0.25, 0.3) is 0 Å². The van der Waals surface area contributed by atoms with E-state index in [0.717, 1.165) is 28.7 Å². The average Bonchev–Trinajstić information content (AvgIpc) is 3.03. The van der Waals surface area contributed by atoms with E-state index in [9.17, 15) is 8.42 Å². The van der Waals surface area contributed by atoms with E-state index >= 15 is 0 Å². The van der Waals surface area contributed by atoms with Crippen LogP contribution in [-0.2, 0) is 22.1 Å². The van der Waals surface area contributed by atoms with Gasteiger partial charge in [-0.1, -0.05) is 35.5 Å². The van der Waals surface area contributed by atoms with E-state index in [-0.39, 0.29) is 0 Å². The summed E-state index contributed by atoms with van der Waals surface area (Å²) in [5.41, 5.74) is 1.99. The van der Waals surface area contributed by atoms with Crippen LogP contribution in [-0.4, -0.2) is 29.4 Å². The second-order valence-electron chi connectivity index (χ2n) is 5.76. The Kier molecular flexibility index (Phi) is 5.70. The van der Waals surface area contributed by atoms with Crippen molar-refractivity contribution in [2.45, 2.75) is 29.3 Å². The predicted molar refractivity (Wildman–Crippen MR) is 105 cm³/mol. The molecule has 1 aromatic heterocycles. The zero-order valence-electron chi connectivity index (χ0n) is 14.4. The molecule has 8 heteroatoms. The second-order valence-corrected chi connectivity index (χ2v) is 9.16. The van der Waals surface area contributed by atoms with Gasteiger partial charge in [-0.05, 0) is 48.9 Å². The lowest BCUT2D eigenvalue weighted by Gasteiger charge is -2.08. The molecule has 5 nitrogen and oxygen atoms in total. The molecule has 136 valence electrons. The van der Waals surface area contributed by atoms with Gasteiger partial charge in [-0.2, -0.15) is 0 Å². The van der Waals surface area contributed by atoms with Gasteiger partial charge in [0, 0.05) is 29.1 Å². The van der Waals surface area contributed by atoms with E-state index in [0.29, 0.717) is 15.7 Å². The Labute approximate surface area is 162 Å². The molecule has 0 aliphatic rings. The summed E-state index contributed by atoms with van der Waals surface area (Å²) < 4.78 is 25.1. The predicted octanol–water partition coefficient (Wildman–Crippen LogP) is 4.31. The summed E-state index contributed by atoms with van der Waals surface area (Å²) in [5, 5.41) is 10.1. The highest BCUT2D eigenvalue weighted by molar-refractivity contribution is 7.98. The Hall–Kier alpha value is -1.83. The Balaban J connectivity index is 1.77. The minimum Gasteiger partial charge on any atom is -0.302 e. The summed E-state index contributed by atoms with van der Waals surface area (Å²) in [7, 11) is -3.17. The first-order valence-electron chi connectivity index (χ1n) is 7.99. The van der Waals surface area contributed by atoms with Crippen LogP contribution >= 0.6 is 23.4 Å². The van der Waals surface area contributed by atoms with Crippen LogP contribution in [0, 0.1) is 0 Å². The first-order chi connectivity index (χ1) is 12.4. The van der Waals surface area contributed by atoms with E-state index in [1.165, 1.54) is 6.26 Å². The van der Waals surface area contributed by atoms with Crippen LogP contribution in [0.5, 0.6) is 0 Å². The number of hydrogen-bond acceptors (Lipinski definition) is 5. The number of aromatic nitrogens is 3. The third-order valence-electron chi connectivity index (χ3n) is 3.85. The van der Waals surface area contributed by atoms with Crippen molar-refractivity contribution < 1.29 is 8.42 Å². The minimum atomic E-state index is -3.17. The highest BCUT2D eigenvalue weighted by Crippen LogP contribution is 2.27. The van der Waals surface area contributed by atoms with Crippen LogP contribution in [0.1, 0.15) is 12.5 Å². The molecule has 0 fully saturated rings. The van der Waals surface area contributed by atoms with Crippen LogP contribution in [0.3, 0.4) is 0 Å². The third-order valence-corrected chi connectivity index (χ3v) is 6.27. The molecule has 0 aliphatic heterocycles. The van der Waals surface area contributed by atoms with Crippen LogP contribution in [0.4, 0.5) is 0 Å². The van der Waals surface area contributed by atoms with E-state index in [1.54, 1.807) is 23.9 Å². The number of hydrogen-bond donors (Lipinski definition) is 0. The van der Waals surface area contributed by atoms with Crippen molar-refractivity contribution in [1.29, 1.82) is 0 Å². The molecule has 0 saturated heterocycles. The monoisotopic (exact) mass is 407 g/mol. The normalized spacial score (nSPS) is 11.7. The molecule has 0 unspecified atom stereocenters. The summed E-state index contributed by atoms with van der Waals surface area (Å²) in [5.74, 6) is 1.49. The molecule has 3 rings (SSSR count). The van der Waals surface area contributed by atoms with Gasteiger partial charge in [0.05, 0.1) is 4.90 Å². The standard InChI is InChI=1S/C18H18ClN3O2S2/c1-3-22-17(14-6-8-15(19)9-7-14)20-21-18(22)25-12-13-4-10-16(11-5-13)26(2,23)24/h4-11H,3,12H2,1-2H3. The Morgan fingerprint density at radius 3 is 2.27 bits per heavy atom. The van der Waals surface area contributed by atoms with Gasteiger partial charge in [-0.25, -0.2) is 8.42 Å². The highest BCUT2D eigenvalue weighted by atomic mass is 35.5. The van der Waals surface area contributed by atoms with Crippen LogP contribution in [0.25, 0.3) is 11.4 Å². The molecule has 0 radical (unpaired) electrons. The number of sulfone groups is 1. The van der Waals surface area contributed by atoms with Gasteiger partial charge < -0.3 is 4.57 Å². The first kappa shape index (κ1) is 18.9. The maximum atomic E-state index is 11.5. The molecule has 3 aromatic rings. The lowest BCUT2D eigenvalue weighted by Crippen LogP contribution is -2.00. The van der Waals surface area contributed by atoms with E-state index in [1.807, 2.05) is 43.3 Å². The summed E-state index contributed by atoms with van der Waals surface area (Å²) in [6, 6.07) is 14.5. The van der Waals surface area contributed by atoms with Crippen molar-refractivity contribution in [2.75, 3.05) is 6.26 Å². The van der Waals surface area contributed by atoms with Crippen LogP contribution < -0.4 is 0 Å². The molecule has 0 saturated carbocycles. The summed E-state index contributed by atoms with van der Waals surface area (Å²) >= 11 is 7.52. The summed E-state index contributed by atoms with van der Waals surface area (Å²) in [6.07, 6.45) is 1.21. The number of nitrogens with zero attached hydrogens (tertiary/aromatic N) is 3. The fourth-order valence-electron chi connectivity index (χ4n) is 2.47. The van der Waals surface area contributed by atoms with Crippen molar-refractivity contribution in [3.63, 3.8) is 0 Å². The quantitative estimate of drug-likeness (QED) is 0.569. The second kappa shape index (κ2) is 7.82. The highest BCUT2D eigenvalue weighted by Gasteiger charge is 2.13. The topological polar surface area (TPSA) is 64.8 Å². The molecule has 0 amide bonds. The van der Waals surface area contributed by atoms with Gasteiger partial charge in [-0.15, -0.1) is 10.2 Å². The Bertz CT molecular complexity index is 998. The zero-order valence-corrected chi connectivity index (χ0v) is 16.8. The van der Waals surface area contributed by atoms with Gasteiger partial charge in [-0.3, -0.25) is 0 Å². The van der Waals surface area contributed by atoms with Gasteiger partial charge >= 0.3 is 0 Å². The van der Waals surface area contributed by atoms with Crippen LogP contribution in [0.15, 0.2) is 58.6 Å². The smallest absolute Gasteiger partial charge is 0.191 e. The largest absolute Gasteiger partial charge is 0.302 e. The number of benzene rings is 2. The summed E-state index contributed by atoms with van der Waals surface area (Å²) in [4.78, 5) is 0.327. The van der Waals surface area contributed by atoms with Crippen molar-refractivity contribution in [3.05, 3.63) is 59.1 Å². The average molecular weight is 408 g/mol. The molecule has 2 aromatic carbocycles. The molecule has 0 bridgehead atoms. The first-order valence-corrected chi connectivity index (χ1v) is 11.2. The molecule has 0 N–H and O–H groups in total. The SMILES string of the molecule is CCn1c(SCc2ccc(S(C)(=O)=O)cc2)nnc1-c1ccc(Cl)cc1. The molecular formula is C18H18ClN3O2S2. The van der Waals surface area contributed by atoms with E-state index in [4.69, 9.17) is 11.6 Å². The zero-order chi connectivity index (χ0) is 18.7. The van der Waals surface area contributed by atoms with Crippen LogP contribution in [0.2, 0.25) is 5.02 Å². The van der Waals surface area contributed by atoms with E-state index in [2.05, 4.69) is 14.8 Å². The number of rotatable bonds is 6. The Morgan fingerprint density at radius 1 is 1.04 bits per heavy atom. The molecule has 0 aliphatic carbocycles. The fourth-order valence-corrected chi connectivity index (χ4v) is 4.19. The molecule has 26 heavy (non-hydrogen) atoms. The maximum Gasteiger partial charge on any atom is 0.191 e. The Morgan fingerprint density at radius 2 is 1.69 bits per heavy atom. The fraction of sp³-hybridized carbons (Fsp3) is 0.222. The maximum absolute atomic E-state index is 11.5. The van der Waals surface area contributed by atoms with Crippen molar-refractivity contribution in [2.24, 2.45) is 0 Å². The molecule has 0 atom stereocenters. The van der Waals surface area contributed by atoms with Gasteiger partial charge in [0.1, 0.15) is 0 Å². The molecule has 0 spiro atoms. The van der Waals surface area contributed by atoms with Crippen molar-refractivity contribution in [1.82, 2.24) is 14.8 Å². The van der Waals surface area contributed by atoms with Gasteiger partial charge in [0.2, 0.25) is 0 Å². The van der Waals surface area contributed by atoms with Crippen molar-refractivity contribution >= 4 is 33.2 Å². The molecule has 1 heterocycles. The minimum absolute atomic E-state index is 0.327. The lowest BCUT2D eigenvalue weighted by atomic mass is 10.2. The van der Waals surface area contributed by atoms with Gasteiger partial charge in [0.15, 0.2) is 20.8 Å². The third kappa shape index (κ3) is 4.28. The summed E-state index contributed by atoms with van der Waals surface area (Å²) in [6.45, 7) is 2.80. The lowest BCUT2D eigenvalue weighted by molar-refractivity contribution is 0.602. The van der Waals surface area contributed by atoms with Crippen molar-refractivity contribution in [3.8, 4) is 11.4 Å². The number of halogens is 1. The van der Waals surface area contributed by atoms with E-state index < -0.39 is 9.84 Å². The molecular weight excluding hydrogens is 390 g/mol.